The number of aliphatic hydroxyl groups excluding tert-OH is 1. The van der Waals surface area contributed by atoms with Crippen LogP contribution in [0, 0.1) is 11.6 Å². The fourth-order valence-corrected chi connectivity index (χ4v) is 2.24. The van der Waals surface area contributed by atoms with E-state index in [9.17, 15) is 13.9 Å². The molecule has 0 saturated heterocycles. The summed E-state index contributed by atoms with van der Waals surface area (Å²) in [5.41, 5.74) is 1.31. The zero-order valence-corrected chi connectivity index (χ0v) is 11.5. The lowest BCUT2D eigenvalue weighted by Crippen LogP contribution is -2.20. The second-order valence-corrected chi connectivity index (χ2v) is 4.80. The van der Waals surface area contributed by atoms with Gasteiger partial charge in [0.15, 0.2) is 0 Å². The number of benzene rings is 2. The van der Waals surface area contributed by atoms with Crippen LogP contribution in [0.1, 0.15) is 24.2 Å². The third-order valence-electron chi connectivity index (χ3n) is 3.22. The molecule has 1 atom stereocenters. The lowest BCUT2D eigenvalue weighted by molar-refractivity contribution is 0.194. The molecule has 0 heterocycles. The lowest BCUT2D eigenvalue weighted by Gasteiger charge is -2.24. The second kappa shape index (κ2) is 6.01. The van der Waals surface area contributed by atoms with Gasteiger partial charge in [0.25, 0.3) is 0 Å². The molecular formula is C16H17F2NO. The Hall–Kier alpha value is -1.94. The standard InChI is InChI=1S/C16H17F2NO/c1-11(20)16-14(18)8-5-9-15(16)19(2)10-12-6-3-4-7-13(12)17/h3-9,11,20H,10H2,1-2H3/t11-/m1/s1. The Morgan fingerprint density at radius 2 is 1.70 bits per heavy atom. The van der Waals surface area contributed by atoms with Gasteiger partial charge in [0, 0.05) is 30.4 Å². The Kier molecular flexibility index (Phi) is 4.35. The first-order chi connectivity index (χ1) is 9.50. The molecule has 0 saturated carbocycles. The van der Waals surface area contributed by atoms with Crippen molar-refractivity contribution in [2.45, 2.75) is 19.6 Å². The normalized spacial score (nSPS) is 12.2. The summed E-state index contributed by atoms with van der Waals surface area (Å²) in [5.74, 6) is -0.757. The Bertz CT molecular complexity index is 599. The molecule has 0 spiro atoms. The van der Waals surface area contributed by atoms with Crippen LogP contribution in [-0.4, -0.2) is 12.2 Å². The number of halogens is 2. The maximum Gasteiger partial charge on any atom is 0.131 e. The van der Waals surface area contributed by atoms with Crippen molar-refractivity contribution in [3.05, 3.63) is 65.2 Å². The molecule has 2 aromatic rings. The van der Waals surface area contributed by atoms with Gasteiger partial charge in [-0.05, 0) is 25.1 Å². The molecule has 0 fully saturated rings. The van der Waals surface area contributed by atoms with Gasteiger partial charge in [-0.2, -0.15) is 0 Å². The van der Waals surface area contributed by atoms with Gasteiger partial charge >= 0.3 is 0 Å². The van der Waals surface area contributed by atoms with Crippen LogP contribution in [0.15, 0.2) is 42.5 Å². The molecule has 2 aromatic carbocycles. The van der Waals surface area contributed by atoms with Crippen molar-refractivity contribution in [2.24, 2.45) is 0 Å². The van der Waals surface area contributed by atoms with E-state index >= 15 is 0 Å². The quantitative estimate of drug-likeness (QED) is 0.922. The molecule has 0 unspecified atom stereocenters. The van der Waals surface area contributed by atoms with Crippen LogP contribution in [0.4, 0.5) is 14.5 Å². The number of anilines is 1. The maximum atomic E-state index is 13.8. The minimum atomic E-state index is -0.922. The first-order valence-electron chi connectivity index (χ1n) is 6.41. The van der Waals surface area contributed by atoms with Crippen LogP contribution in [0.2, 0.25) is 0 Å². The van der Waals surface area contributed by atoms with Gasteiger partial charge in [-0.3, -0.25) is 0 Å². The minimum absolute atomic E-state index is 0.228. The van der Waals surface area contributed by atoms with Crippen LogP contribution < -0.4 is 4.90 Å². The van der Waals surface area contributed by atoms with Crippen LogP contribution in [0.3, 0.4) is 0 Å². The molecule has 20 heavy (non-hydrogen) atoms. The SMILES string of the molecule is C[C@@H](O)c1c(F)cccc1N(C)Cc1ccccc1F. The Balaban J connectivity index is 2.33. The zero-order chi connectivity index (χ0) is 14.7. The number of hydrogen-bond donors (Lipinski definition) is 1. The van der Waals surface area contributed by atoms with E-state index in [-0.39, 0.29) is 11.4 Å². The third-order valence-corrected chi connectivity index (χ3v) is 3.22. The van der Waals surface area contributed by atoms with Gasteiger partial charge in [-0.15, -0.1) is 0 Å². The van der Waals surface area contributed by atoms with Crippen LogP contribution >= 0.6 is 0 Å². The molecule has 0 radical (unpaired) electrons. The number of rotatable bonds is 4. The summed E-state index contributed by atoms with van der Waals surface area (Å²) in [6.45, 7) is 1.81. The van der Waals surface area contributed by atoms with Crippen molar-refractivity contribution in [3.8, 4) is 0 Å². The van der Waals surface area contributed by atoms with E-state index in [0.29, 0.717) is 17.8 Å². The van der Waals surface area contributed by atoms with Crippen molar-refractivity contribution < 1.29 is 13.9 Å². The second-order valence-electron chi connectivity index (χ2n) is 4.80. The van der Waals surface area contributed by atoms with E-state index in [0.717, 1.165) is 0 Å². The van der Waals surface area contributed by atoms with E-state index in [4.69, 9.17) is 0 Å². The highest BCUT2D eigenvalue weighted by Crippen LogP contribution is 2.29. The highest BCUT2D eigenvalue weighted by Gasteiger charge is 2.17. The maximum absolute atomic E-state index is 13.8. The molecular weight excluding hydrogens is 260 g/mol. The number of aliphatic hydroxyl groups is 1. The highest BCUT2D eigenvalue weighted by atomic mass is 19.1. The molecule has 0 aromatic heterocycles. The summed E-state index contributed by atoms with van der Waals surface area (Å²) >= 11 is 0. The van der Waals surface area contributed by atoms with Gasteiger partial charge in [0.1, 0.15) is 11.6 Å². The molecule has 0 aliphatic carbocycles. The highest BCUT2D eigenvalue weighted by molar-refractivity contribution is 5.55. The summed E-state index contributed by atoms with van der Waals surface area (Å²) < 4.78 is 27.5. The number of nitrogens with zero attached hydrogens (tertiary/aromatic N) is 1. The summed E-state index contributed by atoms with van der Waals surface area (Å²) in [5, 5.41) is 9.71. The van der Waals surface area contributed by atoms with Gasteiger partial charge in [0.2, 0.25) is 0 Å². The fourth-order valence-electron chi connectivity index (χ4n) is 2.24. The fraction of sp³-hybridized carbons (Fsp3) is 0.250. The van der Waals surface area contributed by atoms with Gasteiger partial charge in [0.05, 0.1) is 6.10 Å². The van der Waals surface area contributed by atoms with Crippen LogP contribution in [0.5, 0.6) is 0 Å². The predicted molar refractivity (Wildman–Crippen MR) is 75.5 cm³/mol. The molecule has 0 aliphatic rings. The summed E-state index contributed by atoms with van der Waals surface area (Å²) in [6, 6.07) is 11.1. The summed E-state index contributed by atoms with van der Waals surface area (Å²) in [4.78, 5) is 1.73. The lowest BCUT2D eigenvalue weighted by atomic mass is 10.1. The molecule has 0 aliphatic heterocycles. The van der Waals surface area contributed by atoms with Gasteiger partial charge in [-0.1, -0.05) is 24.3 Å². The van der Waals surface area contributed by atoms with E-state index in [1.54, 1.807) is 42.3 Å². The largest absolute Gasteiger partial charge is 0.389 e. The van der Waals surface area contributed by atoms with E-state index in [1.165, 1.54) is 19.1 Å². The van der Waals surface area contributed by atoms with Gasteiger partial charge in [-0.25, -0.2) is 8.78 Å². The van der Waals surface area contributed by atoms with Crippen molar-refractivity contribution in [2.75, 3.05) is 11.9 Å². The molecule has 2 nitrogen and oxygen atoms in total. The smallest absolute Gasteiger partial charge is 0.131 e. The Labute approximate surface area is 117 Å². The average Bonchev–Trinajstić information content (AvgIpc) is 2.40. The predicted octanol–water partition coefficient (Wildman–Crippen LogP) is 3.65. The van der Waals surface area contributed by atoms with Crippen LogP contribution in [-0.2, 0) is 6.54 Å². The molecule has 106 valence electrons. The van der Waals surface area contributed by atoms with Crippen molar-refractivity contribution in [3.63, 3.8) is 0 Å². The first-order valence-corrected chi connectivity index (χ1v) is 6.41. The Morgan fingerprint density at radius 3 is 2.35 bits per heavy atom. The molecule has 0 amide bonds. The molecule has 2 rings (SSSR count). The van der Waals surface area contributed by atoms with E-state index < -0.39 is 11.9 Å². The zero-order valence-electron chi connectivity index (χ0n) is 11.5. The van der Waals surface area contributed by atoms with Crippen LogP contribution in [0.25, 0.3) is 0 Å². The topological polar surface area (TPSA) is 23.5 Å². The molecule has 1 N–H and O–H groups in total. The third kappa shape index (κ3) is 2.96. The molecule has 4 heteroatoms. The van der Waals surface area contributed by atoms with Crippen molar-refractivity contribution >= 4 is 5.69 Å². The summed E-state index contributed by atoms with van der Waals surface area (Å²) in [6.07, 6.45) is -0.922. The molecule has 0 bridgehead atoms. The van der Waals surface area contributed by atoms with Gasteiger partial charge < -0.3 is 10.0 Å². The van der Waals surface area contributed by atoms with Crippen molar-refractivity contribution in [1.82, 2.24) is 0 Å². The number of hydrogen-bond acceptors (Lipinski definition) is 2. The minimum Gasteiger partial charge on any atom is -0.389 e. The monoisotopic (exact) mass is 277 g/mol. The van der Waals surface area contributed by atoms with E-state index in [1.807, 2.05) is 0 Å². The average molecular weight is 277 g/mol. The first kappa shape index (κ1) is 14.5. The van der Waals surface area contributed by atoms with E-state index in [2.05, 4.69) is 0 Å². The van der Waals surface area contributed by atoms with Crippen molar-refractivity contribution in [1.29, 1.82) is 0 Å². The Morgan fingerprint density at radius 1 is 1.05 bits per heavy atom. The summed E-state index contributed by atoms with van der Waals surface area (Å²) in [7, 11) is 1.74.